The van der Waals surface area contributed by atoms with Gasteiger partial charge in [0.1, 0.15) is 11.9 Å². The summed E-state index contributed by atoms with van der Waals surface area (Å²) in [4.78, 5) is 28.1. The van der Waals surface area contributed by atoms with Gasteiger partial charge in [0.05, 0.1) is 0 Å². The third-order valence-electron chi connectivity index (χ3n) is 6.07. The zero-order valence-corrected chi connectivity index (χ0v) is 18.4. The Balaban J connectivity index is 1.73. The number of benzene rings is 2. The van der Waals surface area contributed by atoms with Gasteiger partial charge in [-0.3, -0.25) is 9.59 Å². The fraction of sp³-hybridized carbons (Fsp3) is 0.462. The molecule has 1 aliphatic rings. The van der Waals surface area contributed by atoms with E-state index in [1.54, 1.807) is 17.0 Å². The van der Waals surface area contributed by atoms with E-state index in [1.807, 2.05) is 37.3 Å². The van der Waals surface area contributed by atoms with Crippen LogP contribution in [-0.4, -0.2) is 28.8 Å². The van der Waals surface area contributed by atoms with E-state index in [2.05, 4.69) is 5.32 Å². The Morgan fingerprint density at radius 3 is 2.32 bits per heavy atom. The minimum Gasteiger partial charge on any atom is -0.352 e. The van der Waals surface area contributed by atoms with E-state index in [1.165, 1.54) is 18.6 Å². The number of carbonyl (C=O) groups excluding carboxylic acids is 2. The first-order valence-corrected chi connectivity index (χ1v) is 11.4. The number of carbonyl (C=O) groups is 2. The quantitative estimate of drug-likeness (QED) is 0.615. The average molecular weight is 425 g/mol. The lowest BCUT2D eigenvalue weighted by molar-refractivity contribution is -0.141. The predicted octanol–water partition coefficient (Wildman–Crippen LogP) is 5.01. The van der Waals surface area contributed by atoms with E-state index in [-0.39, 0.29) is 23.7 Å². The molecule has 5 heteroatoms. The normalized spacial score (nSPS) is 15.3. The fourth-order valence-electron chi connectivity index (χ4n) is 4.29. The number of rotatable bonds is 9. The SMILES string of the molecule is CC[C@H](C(=O)NC1CCCCC1)N(Cc1ccc(F)cc1)C(=O)CCc1ccccc1. The molecule has 2 amide bonds. The molecule has 0 spiro atoms. The molecule has 0 saturated heterocycles. The molecule has 166 valence electrons. The monoisotopic (exact) mass is 424 g/mol. The second-order valence-corrected chi connectivity index (χ2v) is 8.40. The van der Waals surface area contributed by atoms with Gasteiger partial charge < -0.3 is 10.2 Å². The molecule has 31 heavy (non-hydrogen) atoms. The molecule has 3 rings (SSSR count). The summed E-state index contributed by atoms with van der Waals surface area (Å²) >= 11 is 0. The van der Waals surface area contributed by atoms with Gasteiger partial charge in [0.2, 0.25) is 11.8 Å². The van der Waals surface area contributed by atoms with Gasteiger partial charge in [0.25, 0.3) is 0 Å². The number of halogens is 1. The zero-order valence-electron chi connectivity index (χ0n) is 18.4. The van der Waals surface area contributed by atoms with Crippen molar-refractivity contribution in [3.05, 3.63) is 71.5 Å². The van der Waals surface area contributed by atoms with Crippen molar-refractivity contribution in [3.8, 4) is 0 Å². The lowest BCUT2D eigenvalue weighted by Crippen LogP contribution is -2.51. The van der Waals surface area contributed by atoms with Gasteiger partial charge in [-0.2, -0.15) is 0 Å². The summed E-state index contributed by atoms with van der Waals surface area (Å²) in [5.41, 5.74) is 1.91. The van der Waals surface area contributed by atoms with Crippen molar-refractivity contribution >= 4 is 11.8 Å². The first-order valence-electron chi connectivity index (χ1n) is 11.4. The Morgan fingerprint density at radius 2 is 1.68 bits per heavy atom. The third-order valence-corrected chi connectivity index (χ3v) is 6.07. The first-order chi connectivity index (χ1) is 15.1. The Hall–Kier alpha value is -2.69. The maximum absolute atomic E-state index is 13.4. The summed E-state index contributed by atoms with van der Waals surface area (Å²) in [5, 5.41) is 3.18. The first kappa shape index (κ1) is 23.0. The number of amides is 2. The van der Waals surface area contributed by atoms with E-state index in [9.17, 15) is 14.0 Å². The Kier molecular flexibility index (Phi) is 8.63. The second-order valence-electron chi connectivity index (χ2n) is 8.40. The van der Waals surface area contributed by atoms with Crippen LogP contribution in [0.4, 0.5) is 4.39 Å². The molecule has 0 radical (unpaired) electrons. The van der Waals surface area contributed by atoms with Gasteiger partial charge in [0.15, 0.2) is 0 Å². The predicted molar refractivity (Wildman–Crippen MR) is 121 cm³/mol. The number of nitrogens with one attached hydrogen (secondary N) is 1. The third kappa shape index (κ3) is 6.91. The highest BCUT2D eigenvalue weighted by Crippen LogP contribution is 2.20. The van der Waals surface area contributed by atoms with Crippen molar-refractivity contribution in [2.24, 2.45) is 0 Å². The molecule has 1 atom stereocenters. The van der Waals surface area contributed by atoms with Crippen LogP contribution in [-0.2, 0) is 22.6 Å². The lowest BCUT2D eigenvalue weighted by Gasteiger charge is -2.33. The van der Waals surface area contributed by atoms with Crippen molar-refractivity contribution in [1.29, 1.82) is 0 Å². The van der Waals surface area contributed by atoms with Crippen LogP contribution in [0.1, 0.15) is 63.0 Å². The van der Waals surface area contributed by atoms with Gasteiger partial charge >= 0.3 is 0 Å². The molecule has 1 saturated carbocycles. The standard InChI is InChI=1S/C26H33FN2O2/c1-2-24(26(31)28-23-11-7-4-8-12-23)29(19-21-13-16-22(27)17-14-21)25(30)18-15-20-9-5-3-6-10-20/h3,5-6,9-10,13-14,16-17,23-24H,2,4,7-8,11-12,15,18-19H2,1H3,(H,28,31)/t24-/m1/s1. The van der Waals surface area contributed by atoms with Crippen LogP contribution in [0.3, 0.4) is 0 Å². The van der Waals surface area contributed by atoms with Crippen LogP contribution in [0.5, 0.6) is 0 Å². The molecule has 1 N–H and O–H groups in total. The highest BCUT2D eigenvalue weighted by molar-refractivity contribution is 5.88. The number of aryl methyl sites for hydroxylation is 1. The maximum Gasteiger partial charge on any atom is 0.243 e. The molecule has 0 aromatic heterocycles. The van der Waals surface area contributed by atoms with Gasteiger partial charge in [-0.1, -0.05) is 68.7 Å². The van der Waals surface area contributed by atoms with E-state index < -0.39 is 6.04 Å². The van der Waals surface area contributed by atoms with E-state index in [0.717, 1.165) is 36.8 Å². The van der Waals surface area contributed by atoms with E-state index in [4.69, 9.17) is 0 Å². The Bertz CT molecular complexity index is 832. The van der Waals surface area contributed by atoms with Gasteiger partial charge in [-0.05, 0) is 48.9 Å². The summed E-state index contributed by atoms with van der Waals surface area (Å²) in [6, 6.07) is 15.7. The highest BCUT2D eigenvalue weighted by Gasteiger charge is 2.30. The molecular formula is C26H33FN2O2. The van der Waals surface area contributed by atoms with Crippen LogP contribution in [0, 0.1) is 5.82 Å². The number of hydrogen-bond donors (Lipinski definition) is 1. The molecule has 0 bridgehead atoms. The van der Waals surface area contributed by atoms with Crippen molar-refractivity contribution in [2.75, 3.05) is 0 Å². The number of hydrogen-bond acceptors (Lipinski definition) is 2. The molecule has 1 aliphatic carbocycles. The molecule has 2 aromatic carbocycles. The van der Waals surface area contributed by atoms with Crippen molar-refractivity contribution < 1.29 is 14.0 Å². The molecule has 0 unspecified atom stereocenters. The molecule has 0 aliphatic heterocycles. The minimum absolute atomic E-state index is 0.0566. The Labute approximate surface area is 184 Å². The fourth-order valence-corrected chi connectivity index (χ4v) is 4.29. The van der Waals surface area contributed by atoms with Crippen molar-refractivity contribution in [2.45, 2.75) is 76.9 Å². The summed E-state index contributed by atoms with van der Waals surface area (Å²) in [6.45, 7) is 2.23. The molecule has 0 heterocycles. The molecule has 2 aromatic rings. The molecule has 1 fully saturated rings. The molecular weight excluding hydrogens is 391 g/mol. The largest absolute Gasteiger partial charge is 0.352 e. The van der Waals surface area contributed by atoms with Crippen LogP contribution in [0.2, 0.25) is 0 Å². The van der Waals surface area contributed by atoms with Crippen LogP contribution < -0.4 is 5.32 Å². The number of nitrogens with zero attached hydrogens (tertiary/aromatic N) is 1. The van der Waals surface area contributed by atoms with Crippen LogP contribution in [0.25, 0.3) is 0 Å². The summed E-state index contributed by atoms with van der Waals surface area (Å²) < 4.78 is 13.4. The summed E-state index contributed by atoms with van der Waals surface area (Å²) in [6.07, 6.45) is 6.99. The van der Waals surface area contributed by atoms with Gasteiger partial charge in [-0.15, -0.1) is 0 Å². The lowest BCUT2D eigenvalue weighted by atomic mass is 9.95. The topological polar surface area (TPSA) is 49.4 Å². The molecule has 4 nitrogen and oxygen atoms in total. The Morgan fingerprint density at radius 1 is 1.00 bits per heavy atom. The van der Waals surface area contributed by atoms with E-state index in [0.29, 0.717) is 25.8 Å². The van der Waals surface area contributed by atoms with Crippen LogP contribution >= 0.6 is 0 Å². The summed E-state index contributed by atoms with van der Waals surface area (Å²) in [7, 11) is 0. The highest BCUT2D eigenvalue weighted by atomic mass is 19.1. The maximum atomic E-state index is 13.4. The zero-order chi connectivity index (χ0) is 22.1. The summed E-state index contributed by atoms with van der Waals surface area (Å²) in [5.74, 6) is -0.448. The van der Waals surface area contributed by atoms with E-state index >= 15 is 0 Å². The smallest absolute Gasteiger partial charge is 0.243 e. The minimum atomic E-state index is -0.532. The van der Waals surface area contributed by atoms with Gasteiger partial charge in [-0.25, -0.2) is 4.39 Å². The van der Waals surface area contributed by atoms with Crippen LogP contribution in [0.15, 0.2) is 54.6 Å². The average Bonchev–Trinajstić information content (AvgIpc) is 2.80. The van der Waals surface area contributed by atoms with Crippen molar-refractivity contribution in [3.63, 3.8) is 0 Å². The second kappa shape index (κ2) is 11.6. The van der Waals surface area contributed by atoms with Crippen molar-refractivity contribution in [1.82, 2.24) is 10.2 Å². The van der Waals surface area contributed by atoms with Gasteiger partial charge in [0, 0.05) is 19.0 Å².